The lowest BCUT2D eigenvalue weighted by atomic mass is 10.1. The van der Waals surface area contributed by atoms with Crippen LogP contribution in [0, 0.1) is 0 Å². The highest BCUT2D eigenvalue weighted by molar-refractivity contribution is 7.99. The summed E-state index contributed by atoms with van der Waals surface area (Å²) in [5, 5.41) is 1.33. The number of hydrogen-bond donors (Lipinski definition) is 0. The van der Waals surface area contributed by atoms with Crippen LogP contribution in [0.25, 0.3) is 15.9 Å². The molecule has 1 aliphatic carbocycles. The van der Waals surface area contributed by atoms with E-state index in [2.05, 4.69) is 0 Å². The van der Waals surface area contributed by atoms with Crippen molar-refractivity contribution in [2.45, 2.75) is 50.6 Å². The molecule has 168 valence electrons. The zero-order chi connectivity index (χ0) is 22.1. The number of rotatable bonds is 6. The van der Waals surface area contributed by atoms with Crippen molar-refractivity contribution in [3.63, 3.8) is 0 Å². The van der Waals surface area contributed by atoms with Gasteiger partial charge in [-0.15, -0.1) is 11.3 Å². The number of carbonyl (C=O) groups excluding carboxylic acids is 1. The van der Waals surface area contributed by atoms with Crippen LogP contribution in [0.15, 0.2) is 34.2 Å². The summed E-state index contributed by atoms with van der Waals surface area (Å²) in [6.45, 7) is 4.19. The molecule has 2 aliphatic rings. The number of aromatic nitrogens is 2. The van der Waals surface area contributed by atoms with E-state index in [1.54, 1.807) is 15.9 Å². The van der Waals surface area contributed by atoms with Crippen molar-refractivity contribution < 1.29 is 9.53 Å². The van der Waals surface area contributed by atoms with Gasteiger partial charge in [-0.3, -0.25) is 14.2 Å². The van der Waals surface area contributed by atoms with Gasteiger partial charge >= 0.3 is 0 Å². The number of fused-ring (bicyclic) bond motifs is 3. The Morgan fingerprint density at radius 2 is 1.91 bits per heavy atom. The molecule has 3 heterocycles. The summed E-state index contributed by atoms with van der Waals surface area (Å²) in [4.78, 5) is 35.4. The number of carbonyl (C=O) groups is 1. The summed E-state index contributed by atoms with van der Waals surface area (Å²) >= 11 is 3.00. The molecule has 3 aromatic rings. The fourth-order valence-electron chi connectivity index (χ4n) is 4.57. The molecule has 1 aliphatic heterocycles. The Labute approximate surface area is 195 Å². The first-order chi connectivity index (χ1) is 15.7. The van der Waals surface area contributed by atoms with Crippen molar-refractivity contribution >= 4 is 39.2 Å². The lowest BCUT2D eigenvalue weighted by molar-refractivity contribution is -0.129. The highest BCUT2D eigenvalue weighted by Gasteiger charge is 2.25. The van der Waals surface area contributed by atoms with Crippen LogP contribution < -0.4 is 10.3 Å². The first kappa shape index (κ1) is 21.5. The largest absolute Gasteiger partial charge is 0.494 e. The number of benzene rings is 1. The summed E-state index contributed by atoms with van der Waals surface area (Å²) in [5.41, 5.74) is 1.88. The van der Waals surface area contributed by atoms with Crippen LogP contribution in [-0.2, 0) is 17.6 Å². The third-order valence-electron chi connectivity index (χ3n) is 6.15. The lowest BCUT2D eigenvalue weighted by Gasteiger charge is -2.26. The van der Waals surface area contributed by atoms with Gasteiger partial charge < -0.3 is 9.64 Å². The predicted octanol–water partition coefficient (Wildman–Crippen LogP) is 4.44. The Balaban J connectivity index is 1.53. The van der Waals surface area contributed by atoms with Gasteiger partial charge in [0.2, 0.25) is 5.91 Å². The number of likely N-dealkylation sites (tertiary alicyclic amines) is 1. The van der Waals surface area contributed by atoms with Gasteiger partial charge in [0.05, 0.1) is 23.4 Å². The Morgan fingerprint density at radius 1 is 1.12 bits per heavy atom. The quantitative estimate of drug-likeness (QED) is 0.395. The normalized spacial score (nSPS) is 15.8. The van der Waals surface area contributed by atoms with Gasteiger partial charge in [0, 0.05) is 18.0 Å². The van der Waals surface area contributed by atoms with Gasteiger partial charge in [0.1, 0.15) is 10.6 Å². The maximum Gasteiger partial charge on any atom is 0.267 e. The number of ether oxygens (including phenoxy) is 1. The number of aryl methyl sites for hydroxylation is 2. The fraction of sp³-hybridized carbons (Fsp3) is 0.458. The van der Waals surface area contributed by atoms with Crippen LogP contribution in [0.4, 0.5) is 0 Å². The summed E-state index contributed by atoms with van der Waals surface area (Å²) in [6.07, 6.45) is 6.39. The molecule has 0 spiro atoms. The molecule has 0 N–H and O–H groups in total. The SMILES string of the molecule is CCOc1ccc(-n2c(SCC(=O)N3CCCCC3)nc3sc4c(c3c2=O)CCC4)cc1. The number of amides is 1. The number of thiophene rings is 1. The van der Waals surface area contributed by atoms with Gasteiger partial charge in [-0.2, -0.15) is 0 Å². The molecule has 0 atom stereocenters. The van der Waals surface area contributed by atoms with Crippen molar-refractivity contribution in [3.8, 4) is 11.4 Å². The third-order valence-corrected chi connectivity index (χ3v) is 8.26. The van der Waals surface area contributed by atoms with E-state index in [0.717, 1.165) is 66.8 Å². The fourth-order valence-corrected chi connectivity index (χ4v) is 6.79. The van der Waals surface area contributed by atoms with Crippen LogP contribution in [0.1, 0.15) is 43.0 Å². The average molecular weight is 470 g/mol. The number of piperidine rings is 1. The molecular weight excluding hydrogens is 442 g/mol. The average Bonchev–Trinajstić information content (AvgIpc) is 3.40. The van der Waals surface area contributed by atoms with E-state index in [0.29, 0.717) is 17.5 Å². The second kappa shape index (κ2) is 9.27. The Hall–Kier alpha value is -2.32. The second-order valence-corrected chi connectivity index (χ2v) is 10.3. The van der Waals surface area contributed by atoms with Crippen LogP contribution in [0.2, 0.25) is 0 Å². The molecule has 2 aromatic heterocycles. The van der Waals surface area contributed by atoms with Crippen molar-refractivity contribution in [2.24, 2.45) is 0 Å². The zero-order valence-electron chi connectivity index (χ0n) is 18.3. The number of thioether (sulfide) groups is 1. The Kier molecular flexibility index (Phi) is 6.24. The summed E-state index contributed by atoms with van der Waals surface area (Å²) in [5.74, 6) is 1.18. The Morgan fingerprint density at radius 3 is 2.66 bits per heavy atom. The molecule has 1 fully saturated rings. The molecule has 5 rings (SSSR count). The van der Waals surface area contributed by atoms with E-state index in [1.807, 2.05) is 36.1 Å². The summed E-state index contributed by atoms with van der Waals surface area (Å²) in [6, 6.07) is 7.54. The first-order valence-corrected chi connectivity index (χ1v) is 13.2. The van der Waals surface area contributed by atoms with Gasteiger partial charge in [0.15, 0.2) is 5.16 Å². The molecule has 1 aromatic carbocycles. The van der Waals surface area contributed by atoms with E-state index < -0.39 is 0 Å². The minimum atomic E-state index is -0.0357. The first-order valence-electron chi connectivity index (χ1n) is 11.4. The molecule has 0 radical (unpaired) electrons. The molecule has 0 unspecified atom stereocenters. The van der Waals surface area contributed by atoms with Crippen LogP contribution in [-0.4, -0.2) is 45.8 Å². The van der Waals surface area contributed by atoms with Crippen molar-refractivity contribution in [1.82, 2.24) is 14.5 Å². The van der Waals surface area contributed by atoms with E-state index in [9.17, 15) is 9.59 Å². The van der Waals surface area contributed by atoms with E-state index in [-0.39, 0.29) is 11.5 Å². The third kappa shape index (κ3) is 4.06. The second-order valence-electron chi connectivity index (χ2n) is 8.23. The molecule has 1 saturated heterocycles. The number of hydrogen-bond acceptors (Lipinski definition) is 6. The topological polar surface area (TPSA) is 64.4 Å². The van der Waals surface area contributed by atoms with E-state index >= 15 is 0 Å². The summed E-state index contributed by atoms with van der Waals surface area (Å²) in [7, 11) is 0. The standard InChI is InChI=1S/C24H27N3O3S2/c1-2-30-17-11-9-16(10-12-17)27-23(29)21-18-7-6-8-19(18)32-22(21)25-24(27)31-15-20(28)26-13-4-3-5-14-26/h9-12H,2-8,13-15H2,1H3. The zero-order valence-corrected chi connectivity index (χ0v) is 19.9. The predicted molar refractivity (Wildman–Crippen MR) is 130 cm³/mol. The van der Waals surface area contributed by atoms with E-state index in [1.165, 1.54) is 28.6 Å². The van der Waals surface area contributed by atoms with Crippen molar-refractivity contribution in [3.05, 3.63) is 45.1 Å². The monoisotopic (exact) mass is 469 g/mol. The molecule has 6 nitrogen and oxygen atoms in total. The van der Waals surface area contributed by atoms with Crippen LogP contribution in [0.3, 0.4) is 0 Å². The number of nitrogens with zero attached hydrogens (tertiary/aromatic N) is 3. The van der Waals surface area contributed by atoms with Crippen LogP contribution >= 0.6 is 23.1 Å². The molecular formula is C24H27N3O3S2. The molecule has 0 bridgehead atoms. The molecule has 1 amide bonds. The molecule has 8 heteroatoms. The maximum absolute atomic E-state index is 13.7. The van der Waals surface area contributed by atoms with E-state index in [4.69, 9.17) is 9.72 Å². The highest BCUT2D eigenvalue weighted by Crippen LogP contribution is 2.36. The minimum absolute atomic E-state index is 0.0357. The minimum Gasteiger partial charge on any atom is -0.494 e. The van der Waals surface area contributed by atoms with Crippen molar-refractivity contribution in [2.75, 3.05) is 25.4 Å². The van der Waals surface area contributed by atoms with Gasteiger partial charge in [-0.1, -0.05) is 11.8 Å². The summed E-state index contributed by atoms with van der Waals surface area (Å²) < 4.78 is 7.24. The van der Waals surface area contributed by atoms with Gasteiger partial charge in [0.25, 0.3) is 5.56 Å². The smallest absolute Gasteiger partial charge is 0.267 e. The van der Waals surface area contributed by atoms with Crippen molar-refractivity contribution in [1.29, 1.82) is 0 Å². The van der Waals surface area contributed by atoms with Gasteiger partial charge in [-0.05, 0) is 75.3 Å². The lowest BCUT2D eigenvalue weighted by Crippen LogP contribution is -2.36. The molecule has 32 heavy (non-hydrogen) atoms. The Bertz CT molecular complexity index is 1190. The molecule has 0 saturated carbocycles. The highest BCUT2D eigenvalue weighted by atomic mass is 32.2. The van der Waals surface area contributed by atoms with Gasteiger partial charge in [-0.25, -0.2) is 4.98 Å². The maximum atomic E-state index is 13.7. The van der Waals surface area contributed by atoms with Crippen LogP contribution in [0.5, 0.6) is 5.75 Å².